The summed E-state index contributed by atoms with van der Waals surface area (Å²) in [4.78, 5) is 31.1. The molecule has 0 aliphatic heterocycles. The molecule has 168 valence electrons. The summed E-state index contributed by atoms with van der Waals surface area (Å²) < 4.78 is 7.17. The molecule has 8 nitrogen and oxygen atoms in total. The predicted octanol–water partition coefficient (Wildman–Crippen LogP) is 2.87. The van der Waals surface area contributed by atoms with E-state index in [1.807, 2.05) is 72.4 Å². The molecule has 8 heteroatoms. The van der Waals surface area contributed by atoms with E-state index in [4.69, 9.17) is 4.74 Å². The van der Waals surface area contributed by atoms with Crippen LogP contribution in [0.4, 0.5) is 4.79 Å². The Labute approximate surface area is 188 Å². The van der Waals surface area contributed by atoms with Crippen molar-refractivity contribution in [2.75, 3.05) is 20.7 Å². The lowest BCUT2D eigenvalue weighted by Crippen LogP contribution is -2.40. The Hall–Kier alpha value is -3.81. The van der Waals surface area contributed by atoms with Gasteiger partial charge in [0.05, 0.1) is 7.11 Å². The molecule has 0 aliphatic rings. The normalized spacial score (nSPS) is 11.5. The third-order valence-electron chi connectivity index (χ3n) is 5.13. The first-order valence-electron chi connectivity index (χ1n) is 10.4. The number of aryl methyl sites for hydroxylation is 1. The van der Waals surface area contributed by atoms with Crippen LogP contribution in [0, 0.1) is 0 Å². The van der Waals surface area contributed by atoms with Crippen LogP contribution in [-0.2, 0) is 18.4 Å². The van der Waals surface area contributed by atoms with Crippen LogP contribution in [0.25, 0.3) is 0 Å². The van der Waals surface area contributed by atoms with Crippen molar-refractivity contribution in [3.63, 3.8) is 0 Å². The molecule has 0 aliphatic carbocycles. The maximum Gasteiger partial charge on any atom is 0.315 e. The molecule has 3 aromatic rings. The van der Waals surface area contributed by atoms with Gasteiger partial charge in [0.1, 0.15) is 17.6 Å². The number of benzene rings is 2. The fourth-order valence-electron chi connectivity index (χ4n) is 3.37. The first-order valence-corrected chi connectivity index (χ1v) is 10.4. The summed E-state index contributed by atoms with van der Waals surface area (Å²) in [5.41, 5.74) is 1.90. The summed E-state index contributed by atoms with van der Waals surface area (Å²) in [5, 5.41) is 5.73. The van der Waals surface area contributed by atoms with Gasteiger partial charge in [0, 0.05) is 46.0 Å². The van der Waals surface area contributed by atoms with E-state index >= 15 is 0 Å². The maximum atomic E-state index is 12.6. The minimum absolute atomic E-state index is 0.0393. The molecule has 1 heterocycles. The predicted molar refractivity (Wildman–Crippen MR) is 122 cm³/mol. The van der Waals surface area contributed by atoms with Gasteiger partial charge < -0.3 is 24.8 Å². The molecule has 0 radical (unpaired) electrons. The van der Waals surface area contributed by atoms with Crippen molar-refractivity contribution in [3.8, 4) is 5.75 Å². The molecular formula is C24H29N5O3. The first-order chi connectivity index (χ1) is 15.5. The second-order valence-electron chi connectivity index (χ2n) is 7.49. The summed E-state index contributed by atoms with van der Waals surface area (Å²) >= 11 is 0. The summed E-state index contributed by atoms with van der Waals surface area (Å²) in [6.07, 6.45) is 3.72. The number of nitrogens with one attached hydrogen (secondary N) is 2. The topological polar surface area (TPSA) is 88.5 Å². The van der Waals surface area contributed by atoms with Gasteiger partial charge in [-0.1, -0.05) is 42.5 Å². The molecule has 32 heavy (non-hydrogen) atoms. The minimum atomic E-state index is -0.471. The second-order valence-corrected chi connectivity index (χ2v) is 7.49. The van der Waals surface area contributed by atoms with E-state index in [2.05, 4.69) is 15.6 Å². The van der Waals surface area contributed by atoms with Gasteiger partial charge in [-0.25, -0.2) is 9.78 Å². The second kappa shape index (κ2) is 11.0. The number of urea groups is 1. The largest absolute Gasteiger partial charge is 0.497 e. The number of methoxy groups -OCH3 is 1. The van der Waals surface area contributed by atoms with Crippen LogP contribution in [0.1, 0.15) is 29.4 Å². The molecule has 1 aromatic heterocycles. The quantitative estimate of drug-likeness (QED) is 0.541. The van der Waals surface area contributed by atoms with Gasteiger partial charge in [0.15, 0.2) is 0 Å². The Morgan fingerprint density at radius 1 is 1.16 bits per heavy atom. The Balaban J connectivity index is 1.57. The molecule has 2 N–H and O–H groups in total. The van der Waals surface area contributed by atoms with Gasteiger partial charge in [-0.15, -0.1) is 0 Å². The van der Waals surface area contributed by atoms with Gasteiger partial charge in [-0.2, -0.15) is 0 Å². The highest BCUT2D eigenvalue weighted by Crippen LogP contribution is 2.24. The zero-order valence-corrected chi connectivity index (χ0v) is 18.6. The SMILES string of the molecule is COc1cccc(C(NC(=O)NCCC(=O)N(C)Cc2ccccc2)c2nccn2C)c1. The highest BCUT2D eigenvalue weighted by Gasteiger charge is 2.21. The highest BCUT2D eigenvalue weighted by molar-refractivity contribution is 5.78. The molecular weight excluding hydrogens is 406 g/mol. The van der Waals surface area contributed by atoms with Gasteiger partial charge in [0.2, 0.25) is 5.91 Å². The first kappa shape index (κ1) is 22.9. The van der Waals surface area contributed by atoms with Gasteiger partial charge in [-0.3, -0.25) is 4.79 Å². The number of nitrogens with zero attached hydrogens (tertiary/aromatic N) is 3. The summed E-state index contributed by atoms with van der Waals surface area (Å²) in [6.45, 7) is 0.762. The van der Waals surface area contributed by atoms with E-state index in [1.54, 1.807) is 25.3 Å². The molecule has 1 atom stereocenters. The number of amides is 3. The van der Waals surface area contributed by atoms with Crippen LogP contribution in [-0.4, -0.2) is 47.1 Å². The van der Waals surface area contributed by atoms with E-state index in [0.717, 1.165) is 11.1 Å². The van der Waals surface area contributed by atoms with Crippen molar-refractivity contribution < 1.29 is 14.3 Å². The number of carbonyl (C=O) groups excluding carboxylic acids is 2. The Morgan fingerprint density at radius 2 is 1.94 bits per heavy atom. The number of carbonyl (C=O) groups is 2. The molecule has 0 saturated carbocycles. The van der Waals surface area contributed by atoms with E-state index < -0.39 is 6.04 Å². The van der Waals surface area contributed by atoms with Crippen LogP contribution in [0.15, 0.2) is 67.0 Å². The van der Waals surface area contributed by atoms with Crippen LogP contribution >= 0.6 is 0 Å². The number of rotatable bonds is 9. The number of hydrogen-bond acceptors (Lipinski definition) is 4. The Morgan fingerprint density at radius 3 is 2.62 bits per heavy atom. The molecule has 0 spiro atoms. The average molecular weight is 436 g/mol. The summed E-state index contributed by atoms with van der Waals surface area (Å²) in [5.74, 6) is 1.34. The zero-order chi connectivity index (χ0) is 22.9. The van der Waals surface area contributed by atoms with Gasteiger partial charge >= 0.3 is 6.03 Å². The van der Waals surface area contributed by atoms with Crippen molar-refractivity contribution >= 4 is 11.9 Å². The van der Waals surface area contributed by atoms with E-state index in [0.29, 0.717) is 18.1 Å². The van der Waals surface area contributed by atoms with E-state index in [-0.39, 0.29) is 24.9 Å². The fraction of sp³-hybridized carbons (Fsp3) is 0.292. The van der Waals surface area contributed by atoms with Gasteiger partial charge in [-0.05, 0) is 23.3 Å². The summed E-state index contributed by atoms with van der Waals surface area (Å²) in [7, 11) is 5.23. The average Bonchev–Trinajstić information content (AvgIpc) is 3.23. The Kier molecular flexibility index (Phi) is 7.85. The number of hydrogen-bond donors (Lipinski definition) is 2. The van der Waals surface area contributed by atoms with E-state index in [1.165, 1.54) is 0 Å². The fourth-order valence-corrected chi connectivity index (χ4v) is 3.37. The van der Waals surface area contributed by atoms with Gasteiger partial charge in [0.25, 0.3) is 0 Å². The lowest BCUT2D eigenvalue weighted by atomic mass is 10.1. The lowest BCUT2D eigenvalue weighted by molar-refractivity contribution is -0.130. The third kappa shape index (κ3) is 6.10. The lowest BCUT2D eigenvalue weighted by Gasteiger charge is -2.20. The van der Waals surface area contributed by atoms with Crippen molar-refractivity contribution in [3.05, 3.63) is 83.9 Å². The van der Waals surface area contributed by atoms with Crippen LogP contribution < -0.4 is 15.4 Å². The molecule has 2 aromatic carbocycles. The number of aromatic nitrogens is 2. The number of ether oxygens (including phenoxy) is 1. The van der Waals surface area contributed by atoms with Crippen molar-refractivity contribution in [1.82, 2.24) is 25.1 Å². The minimum Gasteiger partial charge on any atom is -0.497 e. The molecule has 0 fully saturated rings. The summed E-state index contributed by atoms with van der Waals surface area (Å²) in [6, 6.07) is 16.4. The molecule has 3 rings (SSSR count). The molecule has 1 unspecified atom stereocenters. The molecule has 0 saturated heterocycles. The monoisotopic (exact) mass is 435 g/mol. The number of imidazole rings is 1. The highest BCUT2D eigenvalue weighted by atomic mass is 16.5. The van der Waals surface area contributed by atoms with Crippen molar-refractivity contribution in [1.29, 1.82) is 0 Å². The Bertz CT molecular complexity index is 1030. The standard InChI is InChI=1S/C24H29N5O3/c1-28-15-14-25-23(28)22(19-10-7-11-20(16-19)32-3)27-24(31)26-13-12-21(30)29(2)17-18-8-5-4-6-9-18/h4-11,14-16,22H,12-13,17H2,1-3H3,(H2,26,27,31). The van der Waals surface area contributed by atoms with Crippen molar-refractivity contribution in [2.24, 2.45) is 7.05 Å². The van der Waals surface area contributed by atoms with Crippen LogP contribution in [0.2, 0.25) is 0 Å². The maximum absolute atomic E-state index is 12.6. The molecule has 0 bridgehead atoms. The van der Waals surface area contributed by atoms with Crippen molar-refractivity contribution in [2.45, 2.75) is 19.0 Å². The smallest absolute Gasteiger partial charge is 0.315 e. The van der Waals surface area contributed by atoms with Crippen LogP contribution in [0.3, 0.4) is 0 Å². The van der Waals surface area contributed by atoms with Crippen LogP contribution in [0.5, 0.6) is 5.75 Å². The zero-order valence-electron chi connectivity index (χ0n) is 18.6. The molecule has 3 amide bonds. The third-order valence-corrected chi connectivity index (χ3v) is 5.13. The van der Waals surface area contributed by atoms with E-state index in [9.17, 15) is 9.59 Å².